The molecule has 3 aromatic carbocycles. The Morgan fingerprint density at radius 2 is 1.40 bits per heavy atom. The zero-order chi connectivity index (χ0) is 22.1. The highest BCUT2D eigenvalue weighted by Gasteiger charge is 2.57. The van der Waals surface area contributed by atoms with Gasteiger partial charge >= 0.3 is 5.97 Å². The van der Waals surface area contributed by atoms with Gasteiger partial charge in [0.25, 0.3) is 0 Å². The minimum atomic E-state index is -1.65. The molecule has 2 unspecified atom stereocenters. The Morgan fingerprint density at radius 1 is 0.867 bits per heavy atom. The molecule has 0 spiro atoms. The van der Waals surface area contributed by atoms with Crippen molar-refractivity contribution in [3.8, 4) is 6.07 Å². The van der Waals surface area contributed by atoms with Gasteiger partial charge in [-0.3, -0.25) is 4.79 Å². The number of hydrogen-bond donors (Lipinski definition) is 1. The van der Waals surface area contributed by atoms with Crippen LogP contribution in [0.4, 0.5) is 0 Å². The van der Waals surface area contributed by atoms with Crippen LogP contribution in [0.15, 0.2) is 66.7 Å². The van der Waals surface area contributed by atoms with Gasteiger partial charge in [0.15, 0.2) is 5.41 Å². The number of aliphatic carboxylic acids is 1. The molecular weight excluding hydrogens is 370 g/mol. The molecule has 0 radical (unpaired) electrons. The largest absolute Gasteiger partial charge is 0.480 e. The van der Waals surface area contributed by atoms with Crippen molar-refractivity contribution in [1.82, 2.24) is 0 Å². The first kappa shape index (κ1) is 21.6. The van der Waals surface area contributed by atoms with E-state index >= 15 is 0 Å². The van der Waals surface area contributed by atoms with E-state index in [9.17, 15) is 15.2 Å². The normalized spacial score (nSPS) is 14.8. The van der Waals surface area contributed by atoms with E-state index in [2.05, 4.69) is 19.9 Å². The van der Waals surface area contributed by atoms with Gasteiger partial charge in [-0.1, -0.05) is 101 Å². The van der Waals surface area contributed by atoms with Gasteiger partial charge in [0.2, 0.25) is 0 Å². The zero-order valence-corrected chi connectivity index (χ0v) is 18.3. The Labute approximate surface area is 179 Å². The van der Waals surface area contributed by atoms with Crippen molar-refractivity contribution in [2.75, 3.05) is 0 Å². The fraction of sp³-hybridized carbons (Fsp3) is 0.333. The predicted octanol–water partition coefficient (Wildman–Crippen LogP) is 6.74. The van der Waals surface area contributed by atoms with Crippen LogP contribution in [-0.4, -0.2) is 11.1 Å². The molecule has 2 atom stereocenters. The minimum Gasteiger partial charge on any atom is -0.480 e. The molecule has 3 heteroatoms. The fourth-order valence-electron chi connectivity index (χ4n) is 4.59. The van der Waals surface area contributed by atoms with Crippen LogP contribution in [0.3, 0.4) is 0 Å². The van der Waals surface area contributed by atoms with Crippen molar-refractivity contribution in [2.45, 2.75) is 46.5 Å². The topological polar surface area (TPSA) is 61.1 Å². The predicted molar refractivity (Wildman–Crippen MR) is 121 cm³/mol. The van der Waals surface area contributed by atoms with E-state index in [1.54, 1.807) is 0 Å². The minimum absolute atomic E-state index is 0.198. The first-order valence-corrected chi connectivity index (χ1v) is 10.4. The zero-order valence-electron chi connectivity index (χ0n) is 18.3. The molecule has 0 aliphatic rings. The highest BCUT2D eigenvalue weighted by Crippen LogP contribution is 2.54. The first-order chi connectivity index (χ1) is 14.1. The lowest BCUT2D eigenvalue weighted by molar-refractivity contribution is -0.152. The Morgan fingerprint density at radius 3 is 1.97 bits per heavy atom. The van der Waals surface area contributed by atoms with E-state index in [0.29, 0.717) is 0 Å². The van der Waals surface area contributed by atoms with Crippen LogP contribution in [0.1, 0.15) is 63.1 Å². The Balaban J connectivity index is 2.51. The number of rotatable bonds is 5. The summed E-state index contributed by atoms with van der Waals surface area (Å²) in [4.78, 5) is 12.9. The molecule has 3 rings (SSSR count). The van der Waals surface area contributed by atoms with Crippen molar-refractivity contribution in [3.05, 3.63) is 83.4 Å². The third kappa shape index (κ3) is 3.37. The van der Waals surface area contributed by atoms with Crippen LogP contribution in [0, 0.1) is 22.2 Å². The molecule has 0 bridgehead atoms. The summed E-state index contributed by atoms with van der Waals surface area (Å²) in [6, 6.07) is 24.2. The lowest BCUT2D eigenvalue weighted by Crippen LogP contribution is -2.47. The fourth-order valence-corrected chi connectivity index (χ4v) is 4.59. The summed E-state index contributed by atoms with van der Waals surface area (Å²) < 4.78 is 0. The average molecular weight is 400 g/mol. The van der Waals surface area contributed by atoms with E-state index in [1.165, 1.54) is 0 Å². The van der Waals surface area contributed by atoms with Crippen LogP contribution in [-0.2, 0) is 4.79 Å². The number of carboxylic acids is 1. The highest BCUT2D eigenvalue weighted by molar-refractivity contribution is 5.89. The summed E-state index contributed by atoms with van der Waals surface area (Å²) in [6.45, 7) is 9.75. The SMILES string of the molecule is CC(C)c1ccccc1C(c1cccc2ccccc12)C(C#N)(C(=O)O)C(C)(C)C. The summed E-state index contributed by atoms with van der Waals surface area (Å²) in [5, 5.41) is 23.0. The quantitative estimate of drug-likeness (QED) is 0.517. The van der Waals surface area contributed by atoms with Gasteiger partial charge in [0, 0.05) is 5.92 Å². The second-order valence-electron chi connectivity index (χ2n) is 9.26. The van der Waals surface area contributed by atoms with Crippen LogP contribution in [0.2, 0.25) is 0 Å². The Bertz CT molecular complexity index is 1110. The molecule has 1 N–H and O–H groups in total. The van der Waals surface area contributed by atoms with E-state index < -0.39 is 22.7 Å². The maximum Gasteiger partial charge on any atom is 0.325 e. The molecule has 154 valence electrons. The Kier molecular flexibility index (Phi) is 5.72. The number of carbonyl (C=O) groups is 1. The molecule has 0 aliphatic carbocycles. The van der Waals surface area contributed by atoms with Crippen molar-refractivity contribution >= 4 is 16.7 Å². The van der Waals surface area contributed by atoms with Gasteiger partial charge in [0.05, 0.1) is 6.07 Å². The van der Waals surface area contributed by atoms with Crippen molar-refractivity contribution < 1.29 is 9.90 Å². The smallest absolute Gasteiger partial charge is 0.325 e. The molecule has 30 heavy (non-hydrogen) atoms. The second-order valence-corrected chi connectivity index (χ2v) is 9.26. The molecule has 0 saturated carbocycles. The average Bonchev–Trinajstić information content (AvgIpc) is 2.70. The maximum atomic E-state index is 12.9. The van der Waals surface area contributed by atoms with Crippen LogP contribution in [0.25, 0.3) is 10.8 Å². The van der Waals surface area contributed by atoms with Gasteiger partial charge in [-0.15, -0.1) is 0 Å². The third-order valence-electron chi connectivity index (χ3n) is 6.19. The highest BCUT2D eigenvalue weighted by atomic mass is 16.4. The molecule has 0 amide bonds. The lowest BCUT2D eigenvalue weighted by atomic mass is 9.56. The Hall–Kier alpha value is -3.12. The molecule has 0 aliphatic heterocycles. The van der Waals surface area contributed by atoms with E-state index in [-0.39, 0.29) is 5.92 Å². The van der Waals surface area contributed by atoms with Crippen LogP contribution >= 0.6 is 0 Å². The summed E-state index contributed by atoms with van der Waals surface area (Å²) in [7, 11) is 0. The van der Waals surface area contributed by atoms with E-state index in [4.69, 9.17) is 0 Å². The van der Waals surface area contributed by atoms with Gasteiger partial charge < -0.3 is 5.11 Å². The summed E-state index contributed by atoms with van der Waals surface area (Å²) in [5.41, 5.74) is 0.393. The summed E-state index contributed by atoms with van der Waals surface area (Å²) >= 11 is 0. The molecule has 3 nitrogen and oxygen atoms in total. The van der Waals surface area contributed by atoms with Crippen molar-refractivity contribution in [1.29, 1.82) is 5.26 Å². The van der Waals surface area contributed by atoms with Crippen LogP contribution < -0.4 is 0 Å². The molecule has 0 saturated heterocycles. The number of nitriles is 1. The van der Waals surface area contributed by atoms with Gasteiger partial charge in [-0.25, -0.2) is 0 Å². The third-order valence-corrected chi connectivity index (χ3v) is 6.19. The molecule has 0 heterocycles. The monoisotopic (exact) mass is 399 g/mol. The van der Waals surface area contributed by atoms with Gasteiger partial charge in [0.1, 0.15) is 0 Å². The van der Waals surface area contributed by atoms with E-state index in [1.807, 2.05) is 87.5 Å². The number of hydrogen-bond acceptors (Lipinski definition) is 2. The number of benzene rings is 3. The first-order valence-electron chi connectivity index (χ1n) is 10.4. The number of fused-ring (bicyclic) bond motifs is 1. The van der Waals surface area contributed by atoms with Gasteiger partial charge in [-0.2, -0.15) is 5.26 Å². The van der Waals surface area contributed by atoms with Crippen LogP contribution in [0.5, 0.6) is 0 Å². The van der Waals surface area contributed by atoms with Crippen molar-refractivity contribution in [3.63, 3.8) is 0 Å². The van der Waals surface area contributed by atoms with Crippen molar-refractivity contribution in [2.24, 2.45) is 10.8 Å². The second kappa shape index (κ2) is 7.95. The summed E-state index contributed by atoms with van der Waals surface area (Å²) in [5.74, 6) is -1.51. The standard InChI is InChI=1S/C27H29NO2/c1-18(2)20-13-8-9-15-22(20)24(27(17-28,25(29)30)26(3,4)5)23-16-10-12-19-11-6-7-14-21(19)23/h6-16,18,24H,1-5H3,(H,29,30). The molecule has 3 aromatic rings. The molecular formula is C27H29NO2. The molecule has 0 aromatic heterocycles. The number of nitrogens with zero attached hydrogens (tertiary/aromatic N) is 1. The summed E-state index contributed by atoms with van der Waals surface area (Å²) in [6.07, 6.45) is 0. The van der Waals surface area contributed by atoms with E-state index in [0.717, 1.165) is 27.5 Å². The lowest BCUT2D eigenvalue weighted by Gasteiger charge is -2.43. The number of carboxylic acid groups (broad SMARTS) is 1. The van der Waals surface area contributed by atoms with Gasteiger partial charge in [-0.05, 0) is 38.8 Å². The molecule has 0 fully saturated rings. The maximum absolute atomic E-state index is 12.9.